The lowest BCUT2D eigenvalue weighted by atomic mass is 10.4. The topological polar surface area (TPSA) is 102 Å². The molecule has 0 spiro atoms. The molecule has 0 radical (unpaired) electrons. The van der Waals surface area contributed by atoms with Crippen LogP contribution in [0.2, 0.25) is 0 Å². The minimum Gasteiger partial charge on any atom is -0.364 e. The summed E-state index contributed by atoms with van der Waals surface area (Å²) < 4.78 is 0. The van der Waals surface area contributed by atoms with Crippen molar-refractivity contribution in [3.63, 3.8) is 0 Å². The van der Waals surface area contributed by atoms with Crippen molar-refractivity contribution in [2.24, 2.45) is 5.84 Å². The molecular weight excluding hydrogens is 230 g/mol. The Morgan fingerprint density at radius 1 is 1.11 bits per heavy atom. The van der Waals surface area contributed by atoms with E-state index in [0.717, 1.165) is 17.1 Å². The zero-order chi connectivity index (χ0) is 13.0. The Balaban J connectivity index is 2.05. The first-order valence-corrected chi connectivity index (χ1v) is 5.51. The lowest BCUT2D eigenvalue weighted by Crippen LogP contribution is -2.13. The average molecular weight is 245 g/mol. The van der Waals surface area contributed by atoms with Crippen LogP contribution in [0.5, 0.6) is 0 Å². The Labute approximate surface area is 105 Å². The molecule has 0 amide bonds. The predicted octanol–water partition coefficient (Wildman–Crippen LogP) is 0.781. The van der Waals surface area contributed by atoms with Gasteiger partial charge in [0.2, 0.25) is 5.95 Å². The van der Waals surface area contributed by atoms with E-state index in [1.54, 1.807) is 12.4 Å². The van der Waals surface area contributed by atoms with Crippen LogP contribution in [0.15, 0.2) is 18.5 Å². The maximum Gasteiger partial charge on any atom is 0.239 e. The summed E-state index contributed by atoms with van der Waals surface area (Å²) >= 11 is 0. The first-order valence-electron chi connectivity index (χ1n) is 5.51. The Morgan fingerprint density at radius 2 is 1.94 bits per heavy atom. The molecule has 2 aromatic heterocycles. The van der Waals surface area contributed by atoms with E-state index >= 15 is 0 Å². The molecule has 0 saturated heterocycles. The third-order valence-corrected chi connectivity index (χ3v) is 2.27. The zero-order valence-electron chi connectivity index (χ0n) is 10.3. The third-order valence-electron chi connectivity index (χ3n) is 2.27. The molecule has 7 heteroatoms. The first-order chi connectivity index (χ1) is 8.67. The third kappa shape index (κ3) is 3.11. The van der Waals surface area contributed by atoms with Crippen LogP contribution in [-0.4, -0.2) is 19.9 Å². The van der Waals surface area contributed by atoms with Gasteiger partial charge in [0.15, 0.2) is 0 Å². The molecule has 2 rings (SSSR count). The van der Waals surface area contributed by atoms with Gasteiger partial charge in [0.1, 0.15) is 5.82 Å². The van der Waals surface area contributed by atoms with E-state index in [1.807, 2.05) is 19.9 Å². The summed E-state index contributed by atoms with van der Waals surface area (Å²) in [7, 11) is 0. The van der Waals surface area contributed by atoms with Gasteiger partial charge < -0.3 is 5.32 Å². The number of anilines is 2. The van der Waals surface area contributed by atoms with Gasteiger partial charge in [-0.05, 0) is 13.8 Å². The van der Waals surface area contributed by atoms with E-state index < -0.39 is 0 Å². The standard InChI is InChI=1S/C11H15N7/c1-7-3-10(17-11(16-7)18-12)15-6-9-5-13-8(2)4-14-9/h3-5H,6,12H2,1-2H3,(H2,15,16,17,18). The second-order valence-corrected chi connectivity index (χ2v) is 3.87. The van der Waals surface area contributed by atoms with Crippen LogP contribution >= 0.6 is 0 Å². The lowest BCUT2D eigenvalue weighted by Gasteiger charge is -2.07. The van der Waals surface area contributed by atoms with Crippen molar-refractivity contribution >= 4 is 11.8 Å². The minimum atomic E-state index is 0.382. The van der Waals surface area contributed by atoms with Crippen molar-refractivity contribution in [1.29, 1.82) is 0 Å². The quantitative estimate of drug-likeness (QED) is 0.540. The van der Waals surface area contributed by atoms with Crippen molar-refractivity contribution in [3.8, 4) is 0 Å². The molecule has 4 N–H and O–H groups in total. The highest BCUT2D eigenvalue weighted by atomic mass is 15.3. The number of nitrogen functional groups attached to an aromatic ring is 1. The van der Waals surface area contributed by atoms with Gasteiger partial charge in [0, 0.05) is 18.0 Å². The van der Waals surface area contributed by atoms with E-state index in [2.05, 4.69) is 30.7 Å². The highest BCUT2D eigenvalue weighted by Gasteiger charge is 2.01. The summed E-state index contributed by atoms with van der Waals surface area (Å²) in [6.07, 6.45) is 3.47. The van der Waals surface area contributed by atoms with Gasteiger partial charge in [-0.3, -0.25) is 15.4 Å². The summed E-state index contributed by atoms with van der Waals surface area (Å²) in [5.74, 6) is 6.36. The predicted molar refractivity (Wildman–Crippen MR) is 68.7 cm³/mol. The van der Waals surface area contributed by atoms with E-state index in [1.165, 1.54) is 0 Å². The summed E-state index contributed by atoms with van der Waals surface area (Å²) in [6.45, 7) is 4.32. The number of aromatic nitrogens is 4. The van der Waals surface area contributed by atoms with Crippen molar-refractivity contribution in [3.05, 3.63) is 35.5 Å². The van der Waals surface area contributed by atoms with Gasteiger partial charge in [-0.15, -0.1) is 0 Å². The first kappa shape index (κ1) is 12.2. The maximum absolute atomic E-state index is 5.29. The fourth-order valence-corrected chi connectivity index (χ4v) is 1.42. The largest absolute Gasteiger partial charge is 0.364 e. The van der Waals surface area contributed by atoms with Crippen molar-refractivity contribution in [1.82, 2.24) is 19.9 Å². The minimum absolute atomic E-state index is 0.382. The second-order valence-electron chi connectivity index (χ2n) is 3.87. The molecule has 0 atom stereocenters. The Bertz CT molecular complexity index is 523. The fraction of sp³-hybridized carbons (Fsp3) is 0.273. The van der Waals surface area contributed by atoms with Crippen LogP contribution in [0, 0.1) is 13.8 Å². The molecule has 0 saturated carbocycles. The normalized spacial score (nSPS) is 10.2. The van der Waals surface area contributed by atoms with E-state index in [9.17, 15) is 0 Å². The highest BCUT2D eigenvalue weighted by Crippen LogP contribution is 2.09. The van der Waals surface area contributed by atoms with Gasteiger partial charge in [-0.25, -0.2) is 10.8 Å². The summed E-state index contributed by atoms with van der Waals surface area (Å²) in [5, 5.41) is 3.15. The molecule has 0 aliphatic carbocycles. The van der Waals surface area contributed by atoms with E-state index in [-0.39, 0.29) is 0 Å². The molecule has 0 aliphatic rings. The number of nitrogens with two attached hydrogens (primary N) is 1. The molecule has 0 aromatic carbocycles. The van der Waals surface area contributed by atoms with Gasteiger partial charge in [-0.1, -0.05) is 0 Å². The number of aryl methyl sites for hydroxylation is 2. The summed E-state index contributed by atoms with van der Waals surface area (Å²) in [5.41, 5.74) is 4.99. The van der Waals surface area contributed by atoms with Crippen molar-refractivity contribution in [2.45, 2.75) is 20.4 Å². The molecule has 0 unspecified atom stereocenters. The number of nitrogens with one attached hydrogen (secondary N) is 2. The average Bonchev–Trinajstić information content (AvgIpc) is 2.37. The monoisotopic (exact) mass is 245 g/mol. The van der Waals surface area contributed by atoms with E-state index in [4.69, 9.17) is 5.84 Å². The summed E-state index contributed by atoms with van der Waals surface area (Å²) in [6, 6.07) is 1.84. The molecule has 18 heavy (non-hydrogen) atoms. The number of hydrogen-bond donors (Lipinski definition) is 3. The number of rotatable bonds is 4. The van der Waals surface area contributed by atoms with Crippen LogP contribution in [-0.2, 0) is 6.54 Å². The van der Waals surface area contributed by atoms with E-state index in [0.29, 0.717) is 18.3 Å². The maximum atomic E-state index is 5.29. The number of hydrogen-bond acceptors (Lipinski definition) is 7. The molecule has 2 aromatic rings. The molecule has 94 valence electrons. The molecule has 2 heterocycles. The Kier molecular flexibility index (Phi) is 3.63. The Hall–Kier alpha value is -2.28. The number of nitrogens with zero attached hydrogens (tertiary/aromatic N) is 4. The molecule has 0 aliphatic heterocycles. The molecule has 0 fully saturated rings. The Morgan fingerprint density at radius 3 is 2.61 bits per heavy atom. The van der Waals surface area contributed by atoms with Crippen molar-refractivity contribution < 1.29 is 0 Å². The molecule has 7 nitrogen and oxygen atoms in total. The van der Waals surface area contributed by atoms with Crippen LogP contribution in [0.4, 0.5) is 11.8 Å². The smallest absolute Gasteiger partial charge is 0.239 e. The van der Waals surface area contributed by atoms with Crippen molar-refractivity contribution in [2.75, 3.05) is 10.7 Å². The highest BCUT2D eigenvalue weighted by molar-refractivity contribution is 5.41. The zero-order valence-corrected chi connectivity index (χ0v) is 10.3. The van der Waals surface area contributed by atoms with Crippen LogP contribution in [0.3, 0.4) is 0 Å². The second kappa shape index (κ2) is 5.37. The fourth-order valence-electron chi connectivity index (χ4n) is 1.42. The SMILES string of the molecule is Cc1cnc(CNc2cc(C)nc(NN)n2)cn1. The van der Waals surface area contributed by atoms with Crippen LogP contribution < -0.4 is 16.6 Å². The van der Waals surface area contributed by atoms with Crippen LogP contribution in [0.1, 0.15) is 17.1 Å². The summed E-state index contributed by atoms with van der Waals surface area (Å²) in [4.78, 5) is 16.7. The molecule has 0 bridgehead atoms. The number of hydrazine groups is 1. The van der Waals surface area contributed by atoms with Gasteiger partial charge in [0.25, 0.3) is 0 Å². The van der Waals surface area contributed by atoms with Gasteiger partial charge in [-0.2, -0.15) is 4.98 Å². The van der Waals surface area contributed by atoms with Gasteiger partial charge >= 0.3 is 0 Å². The van der Waals surface area contributed by atoms with Crippen LogP contribution in [0.25, 0.3) is 0 Å². The lowest BCUT2D eigenvalue weighted by molar-refractivity contribution is 0.968. The molecular formula is C11H15N7. The van der Waals surface area contributed by atoms with Gasteiger partial charge in [0.05, 0.1) is 24.1 Å².